The molecule has 4 nitrogen and oxygen atoms in total. The summed E-state index contributed by atoms with van der Waals surface area (Å²) < 4.78 is 0. The van der Waals surface area contributed by atoms with Crippen LogP contribution in [0.4, 0.5) is 0 Å². The Kier molecular flexibility index (Phi) is 4.29. The number of carbonyl (C=O) groups is 2. The molecule has 5 heteroatoms. The Bertz CT molecular complexity index is 552. The number of rotatable bonds is 4. The number of fused-ring (bicyclic) bond motifs is 1. The number of likely N-dealkylation sites (tertiary alicyclic amines) is 1. The van der Waals surface area contributed by atoms with Crippen molar-refractivity contribution >= 4 is 23.2 Å². The Morgan fingerprint density at radius 3 is 3.00 bits per heavy atom. The molecule has 2 amide bonds. The summed E-state index contributed by atoms with van der Waals surface area (Å²) in [6.07, 6.45) is 5.25. The molecule has 1 aliphatic carbocycles. The molecule has 2 heterocycles. The van der Waals surface area contributed by atoms with E-state index in [0.29, 0.717) is 26.1 Å². The van der Waals surface area contributed by atoms with Gasteiger partial charge < -0.3 is 10.2 Å². The van der Waals surface area contributed by atoms with Crippen molar-refractivity contribution in [2.75, 3.05) is 13.1 Å². The minimum absolute atomic E-state index is 0.0232. The SMILES string of the molecule is CCN1C[C@H](C(=O)NCc2csc3c2CCCC3)CC1=O. The standard InChI is InChI=1S/C16H22N2O2S/c1-2-18-9-11(7-15(18)19)16(20)17-8-12-10-21-14-6-4-3-5-13(12)14/h10-11H,2-9H2,1H3,(H,17,20)/t11-/m1/s1. The number of nitrogens with one attached hydrogen (secondary N) is 1. The highest BCUT2D eigenvalue weighted by atomic mass is 32.1. The normalized spacial score (nSPS) is 21.5. The van der Waals surface area contributed by atoms with E-state index in [2.05, 4.69) is 10.7 Å². The maximum absolute atomic E-state index is 12.2. The molecule has 3 rings (SSSR count). The molecule has 0 aromatic carbocycles. The zero-order chi connectivity index (χ0) is 14.8. The highest BCUT2D eigenvalue weighted by Crippen LogP contribution is 2.30. The molecule has 0 bridgehead atoms. The van der Waals surface area contributed by atoms with Crippen LogP contribution >= 0.6 is 11.3 Å². The highest BCUT2D eigenvalue weighted by Gasteiger charge is 2.33. The van der Waals surface area contributed by atoms with E-state index < -0.39 is 0 Å². The highest BCUT2D eigenvalue weighted by molar-refractivity contribution is 7.10. The predicted octanol–water partition coefficient (Wildman–Crippen LogP) is 2.11. The molecule has 1 N–H and O–H groups in total. The van der Waals surface area contributed by atoms with Crippen molar-refractivity contribution in [3.05, 3.63) is 21.4 Å². The van der Waals surface area contributed by atoms with Crippen molar-refractivity contribution in [1.29, 1.82) is 0 Å². The second-order valence-electron chi connectivity index (χ2n) is 5.92. The first kappa shape index (κ1) is 14.6. The molecular weight excluding hydrogens is 284 g/mol. The Morgan fingerprint density at radius 2 is 2.24 bits per heavy atom. The number of amides is 2. The first-order chi connectivity index (χ1) is 10.2. The van der Waals surface area contributed by atoms with Gasteiger partial charge in [0.25, 0.3) is 0 Å². The molecular formula is C16H22N2O2S. The summed E-state index contributed by atoms with van der Waals surface area (Å²) in [6.45, 7) is 3.83. The van der Waals surface area contributed by atoms with E-state index in [1.165, 1.54) is 35.3 Å². The molecule has 21 heavy (non-hydrogen) atoms. The van der Waals surface area contributed by atoms with Crippen LogP contribution in [0.5, 0.6) is 0 Å². The zero-order valence-corrected chi connectivity index (χ0v) is 13.3. The molecule has 0 saturated carbocycles. The zero-order valence-electron chi connectivity index (χ0n) is 12.5. The number of aryl methyl sites for hydroxylation is 1. The summed E-state index contributed by atoms with van der Waals surface area (Å²) in [5, 5.41) is 5.22. The van der Waals surface area contributed by atoms with Crippen molar-refractivity contribution in [2.24, 2.45) is 5.92 Å². The van der Waals surface area contributed by atoms with Gasteiger partial charge in [0.05, 0.1) is 5.92 Å². The maximum Gasteiger partial charge on any atom is 0.225 e. The number of nitrogens with zero attached hydrogens (tertiary/aromatic N) is 1. The number of carbonyl (C=O) groups excluding carboxylic acids is 2. The van der Waals surface area contributed by atoms with E-state index in [1.807, 2.05) is 18.3 Å². The Labute approximate surface area is 129 Å². The second kappa shape index (κ2) is 6.18. The molecule has 1 fully saturated rings. The van der Waals surface area contributed by atoms with Crippen molar-refractivity contribution in [3.8, 4) is 0 Å². The lowest BCUT2D eigenvalue weighted by atomic mass is 9.96. The molecule has 1 aliphatic heterocycles. The third kappa shape index (κ3) is 2.98. The summed E-state index contributed by atoms with van der Waals surface area (Å²) in [5.74, 6) is -0.0486. The Morgan fingerprint density at radius 1 is 1.43 bits per heavy atom. The lowest BCUT2D eigenvalue weighted by Crippen LogP contribution is -2.32. The monoisotopic (exact) mass is 306 g/mol. The van der Waals surface area contributed by atoms with Crippen LogP contribution in [0.25, 0.3) is 0 Å². The lowest BCUT2D eigenvalue weighted by molar-refractivity contribution is -0.128. The molecule has 1 saturated heterocycles. The maximum atomic E-state index is 12.2. The van der Waals surface area contributed by atoms with Crippen molar-refractivity contribution in [2.45, 2.75) is 45.6 Å². The van der Waals surface area contributed by atoms with Gasteiger partial charge in [-0.2, -0.15) is 0 Å². The largest absolute Gasteiger partial charge is 0.352 e. The number of thiophene rings is 1. The van der Waals surface area contributed by atoms with Gasteiger partial charge in [0.2, 0.25) is 11.8 Å². The van der Waals surface area contributed by atoms with Crippen molar-refractivity contribution in [1.82, 2.24) is 10.2 Å². The van der Waals surface area contributed by atoms with Crippen LogP contribution < -0.4 is 5.32 Å². The van der Waals surface area contributed by atoms with Crippen LogP contribution in [0.3, 0.4) is 0 Å². The number of hydrogen-bond donors (Lipinski definition) is 1. The molecule has 1 atom stereocenters. The van der Waals surface area contributed by atoms with Gasteiger partial charge in [-0.1, -0.05) is 0 Å². The van der Waals surface area contributed by atoms with Gasteiger partial charge in [0, 0.05) is 30.9 Å². The summed E-state index contributed by atoms with van der Waals surface area (Å²) >= 11 is 1.83. The van der Waals surface area contributed by atoms with E-state index in [4.69, 9.17) is 0 Å². The second-order valence-corrected chi connectivity index (χ2v) is 6.89. The topological polar surface area (TPSA) is 49.4 Å². The van der Waals surface area contributed by atoms with Crippen LogP contribution in [0, 0.1) is 5.92 Å². The van der Waals surface area contributed by atoms with E-state index in [-0.39, 0.29) is 17.7 Å². The van der Waals surface area contributed by atoms with Crippen LogP contribution in [0.2, 0.25) is 0 Å². The quantitative estimate of drug-likeness (QED) is 0.926. The van der Waals surface area contributed by atoms with Gasteiger partial charge in [0.15, 0.2) is 0 Å². The molecule has 0 spiro atoms. The van der Waals surface area contributed by atoms with Crippen LogP contribution in [-0.2, 0) is 29.0 Å². The average Bonchev–Trinajstić information content (AvgIpc) is 3.08. The fourth-order valence-corrected chi connectivity index (χ4v) is 4.44. The number of hydrogen-bond acceptors (Lipinski definition) is 3. The molecule has 0 unspecified atom stereocenters. The molecule has 114 valence electrons. The van der Waals surface area contributed by atoms with E-state index in [0.717, 1.165) is 6.42 Å². The van der Waals surface area contributed by atoms with E-state index in [9.17, 15) is 9.59 Å². The fourth-order valence-electron chi connectivity index (χ4n) is 3.29. The van der Waals surface area contributed by atoms with Crippen LogP contribution in [0.1, 0.15) is 42.2 Å². The van der Waals surface area contributed by atoms with Gasteiger partial charge >= 0.3 is 0 Å². The van der Waals surface area contributed by atoms with Gasteiger partial charge in [-0.15, -0.1) is 11.3 Å². The van der Waals surface area contributed by atoms with Crippen LogP contribution in [0.15, 0.2) is 5.38 Å². The summed E-state index contributed by atoms with van der Waals surface area (Å²) in [4.78, 5) is 27.2. The van der Waals surface area contributed by atoms with Crippen molar-refractivity contribution < 1.29 is 9.59 Å². The third-order valence-electron chi connectivity index (χ3n) is 4.57. The predicted molar refractivity (Wildman–Crippen MR) is 83.2 cm³/mol. The van der Waals surface area contributed by atoms with Gasteiger partial charge in [-0.3, -0.25) is 9.59 Å². The first-order valence-electron chi connectivity index (χ1n) is 7.82. The minimum atomic E-state index is -0.174. The lowest BCUT2D eigenvalue weighted by Gasteiger charge is -2.15. The van der Waals surface area contributed by atoms with E-state index in [1.54, 1.807) is 4.90 Å². The van der Waals surface area contributed by atoms with Gasteiger partial charge in [0.1, 0.15) is 0 Å². The summed E-state index contributed by atoms with van der Waals surface area (Å²) in [7, 11) is 0. The van der Waals surface area contributed by atoms with Crippen molar-refractivity contribution in [3.63, 3.8) is 0 Å². The average molecular weight is 306 g/mol. The smallest absolute Gasteiger partial charge is 0.225 e. The Balaban J connectivity index is 1.57. The molecule has 0 radical (unpaired) electrons. The molecule has 2 aliphatic rings. The summed E-state index contributed by atoms with van der Waals surface area (Å²) in [6, 6.07) is 0. The summed E-state index contributed by atoms with van der Waals surface area (Å²) in [5.41, 5.74) is 2.74. The third-order valence-corrected chi connectivity index (χ3v) is 5.71. The molecule has 1 aromatic heterocycles. The first-order valence-corrected chi connectivity index (χ1v) is 8.70. The minimum Gasteiger partial charge on any atom is -0.352 e. The van der Waals surface area contributed by atoms with Crippen LogP contribution in [-0.4, -0.2) is 29.8 Å². The fraction of sp³-hybridized carbons (Fsp3) is 0.625. The van der Waals surface area contributed by atoms with Gasteiger partial charge in [-0.05, 0) is 49.1 Å². The van der Waals surface area contributed by atoms with E-state index >= 15 is 0 Å². The molecule has 1 aromatic rings. The van der Waals surface area contributed by atoms with Gasteiger partial charge in [-0.25, -0.2) is 0 Å². The Hall–Kier alpha value is -1.36.